The van der Waals surface area contributed by atoms with Gasteiger partial charge in [0.05, 0.1) is 11.5 Å². The molecule has 7 heteroatoms. The topological polar surface area (TPSA) is 61.4 Å². The summed E-state index contributed by atoms with van der Waals surface area (Å²) in [4.78, 5) is 26.4. The van der Waals surface area contributed by atoms with Crippen molar-refractivity contribution in [2.75, 3.05) is 43.0 Å². The molecule has 2 atom stereocenters. The van der Waals surface area contributed by atoms with Crippen LogP contribution in [0.15, 0.2) is 24.3 Å². The van der Waals surface area contributed by atoms with Crippen molar-refractivity contribution in [3.63, 3.8) is 0 Å². The van der Waals surface area contributed by atoms with Crippen LogP contribution in [0.5, 0.6) is 0 Å². The number of anilines is 1. The molecule has 2 amide bonds. The zero-order valence-electron chi connectivity index (χ0n) is 15.2. The Kier molecular flexibility index (Phi) is 8.25. The van der Waals surface area contributed by atoms with Gasteiger partial charge in [0.1, 0.15) is 0 Å². The van der Waals surface area contributed by atoms with Crippen molar-refractivity contribution < 1.29 is 9.59 Å². The Morgan fingerprint density at radius 2 is 1.73 bits per heavy atom. The molecule has 2 heterocycles. The number of nitrogens with one attached hydrogen (secondary N) is 2. The fourth-order valence-corrected chi connectivity index (χ4v) is 4.34. The molecule has 3 rings (SSSR count). The van der Waals surface area contributed by atoms with Gasteiger partial charge in [-0.2, -0.15) is 0 Å². The van der Waals surface area contributed by atoms with E-state index in [4.69, 9.17) is 0 Å². The lowest BCUT2D eigenvalue weighted by atomic mass is 9.92. The Morgan fingerprint density at radius 3 is 2.35 bits per heavy atom. The van der Waals surface area contributed by atoms with E-state index in [1.165, 1.54) is 11.8 Å². The van der Waals surface area contributed by atoms with Gasteiger partial charge in [0, 0.05) is 18.8 Å². The molecule has 2 aliphatic rings. The van der Waals surface area contributed by atoms with Crippen molar-refractivity contribution in [3.8, 4) is 0 Å². The van der Waals surface area contributed by atoms with Crippen LogP contribution in [-0.2, 0) is 9.59 Å². The van der Waals surface area contributed by atoms with E-state index >= 15 is 0 Å². The van der Waals surface area contributed by atoms with Gasteiger partial charge in [0.25, 0.3) is 0 Å². The largest absolute Gasteiger partial charge is 0.342 e. The maximum absolute atomic E-state index is 12.4. The van der Waals surface area contributed by atoms with E-state index in [0.717, 1.165) is 62.1 Å². The maximum Gasteiger partial charge on any atom is 0.234 e. The van der Waals surface area contributed by atoms with Crippen molar-refractivity contribution in [2.45, 2.75) is 19.8 Å². The Morgan fingerprint density at radius 1 is 1.12 bits per heavy atom. The van der Waals surface area contributed by atoms with Crippen LogP contribution in [0.2, 0.25) is 0 Å². The molecule has 5 nitrogen and oxygen atoms in total. The van der Waals surface area contributed by atoms with Crippen LogP contribution in [0.3, 0.4) is 0 Å². The molecular weight excluding hydrogens is 370 g/mol. The van der Waals surface area contributed by atoms with Gasteiger partial charge in [-0.1, -0.05) is 17.7 Å². The second kappa shape index (κ2) is 10.2. The van der Waals surface area contributed by atoms with Gasteiger partial charge in [-0.3, -0.25) is 9.59 Å². The lowest BCUT2D eigenvalue weighted by Crippen LogP contribution is -2.34. The average molecular weight is 398 g/mol. The van der Waals surface area contributed by atoms with Crippen molar-refractivity contribution in [3.05, 3.63) is 29.8 Å². The number of benzene rings is 1. The first-order chi connectivity index (χ1) is 12.1. The normalized spacial score (nSPS) is 22.1. The summed E-state index contributed by atoms with van der Waals surface area (Å²) in [5.74, 6) is 2.26. The van der Waals surface area contributed by atoms with Crippen LogP contribution in [-0.4, -0.2) is 54.4 Å². The number of carbonyl (C=O) groups is 2. The van der Waals surface area contributed by atoms with Crippen LogP contribution in [0, 0.1) is 18.8 Å². The number of nitrogens with zero attached hydrogens (tertiary/aromatic N) is 1. The van der Waals surface area contributed by atoms with E-state index < -0.39 is 0 Å². The molecule has 2 saturated heterocycles. The number of hydrogen-bond donors (Lipinski definition) is 2. The monoisotopic (exact) mass is 397 g/mol. The van der Waals surface area contributed by atoms with Crippen LogP contribution >= 0.6 is 24.2 Å². The smallest absolute Gasteiger partial charge is 0.234 e. The van der Waals surface area contributed by atoms with Gasteiger partial charge < -0.3 is 15.5 Å². The summed E-state index contributed by atoms with van der Waals surface area (Å²) in [5.41, 5.74) is 1.96. The number of rotatable bonds is 5. The first-order valence-corrected chi connectivity index (χ1v) is 10.2. The second-order valence-corrected chi connectivity index (χ2v) is 8.03. The second-order valence-electron chi connectivity index (χ2n) is 7.04. The number of fused-ring (bicyclic) bond motifs is 1. The van der Waals surface area contributed by atoms with Crippen molar-refractivity contribution in [2.24, 2.45) is 11.8 Å². The number of halogens is 1. The predicted octanol–water partition coefficient (Wildman–Crippen LogP) is 2.55. The molecule has 0 saturated carbocycles. The number of thioether (sulfide) groups is 1. The van der Waals surface area contributed by atoms with E-state index in [2.05, 4.69) is 10.6 Å². The standard InChI is InChI=1S/C19H27N3O2S.ClH/c1-14-2-4-17(5-3-14)21-18(23)12-25-13-19(24)22-8-6-15-10-20-11-16(15)7-9-22;/h2-5,15-16,20H,6-13H2,1H3,(H,21,23);1H/t15-,16+;. The quantitative estimate of drug-likeness (QED) is 0.801. The summed E-state index contributed by atoms with van der Waals surface area (Å²) >= 11 is 1.40. The van der Waals surface area contributed by atoms with Gasteiger partial charge in [0.2, 0.25) is 11.8 Å². The van der Waals surface area contributed by atoms with Gasteiger partial charge in [-0.05, 0) is 56.8 Å². The Labute approximate surface area is 166 Å². The summed E-state index contributed by atoms with van der Waals surface area (Å²) in [7, 11) is 0. The summed E-state index contributed by atoms with van der Waals surface area (Å²) in [5, 5.41) is 6.32. The molecule has 1 aromatic rings. The molecule has 0 unspecified atom stereocenters. The van der Waals surface area contributed by atoms with Crippen LogP contribution in [0.25, 0.3) is 0 Å². The van der Waals surface area contributed by atoms with E-state index in [1.54, 1.807) is 0 Å². The van der Waals surface area contributed by atoms with Gasteiger partial charge >= 0.3 is 0 Å². The fraction of sp³-hybridized carbons (Fsp3) is 0.579. The minimum absolute atomic E-state index is 0. The Balaban J connectivity index is 0.00000243. The highest BCUT2D eigenvalue weighted by atomic mass is 35.5. The zero-order valence-corrected chi connectivity index (χ0v) is 16.8. The minimum Gasteiger partial charge on any atom is -0.342 e. The van der Waals surface area contributed by atoms with Gasteiger partial charge in [0.15, 0.2) is 0 Å². The molecule has 0 spiro atoms. The van der Waals surface area contributed by atoms with Crippen molar-refractivity contribution in [1.82, 2.24) is 10.2 Å². The molecule has 2 fully saturated rings. The van der Waals surface area contributed by atoms with Crippen molar-refractivity contribution in [1.29, 1.82) is 0 Å². The highest BCUT2D eigenvalue weighted by Crippen LogP contribution is 2.27. The molecule has 26 heavy (non-hydrogen) atoms. The Hall–Kier alpha value is -1.24. The van der Waals surface area contributed by atoms with Gasteiger partial charge in [-0.25, -0.2) is 0 Å². The van der Waals surface area contributed by atoms with E-state index in [1.807, 2.05) is 36.1 Å². The van der Waals surface area contributed by atoms with E-state index in [9.17, 15) is 9.59 Å². The highest BCUT2D eigenvalue weighted by Gasteiger charge is 2.31. The third kappa shape index (κ3) is 5.89. The summed E-state index contributed by atoms with van der Waals surface area (Å²) in [6.07, 6.45) is 2.20. The first kappa shape index (κ1) is 21.1. The average Bonchev–Trinajstić information content (AvgIpc) is 2.95. The number of likely N-dealkylation sites (tertiary alicyclic amines) is 1. The number of hydrogen-bond acceptors (Lipinski definition) is 4. The van der Waals surface area contributed by atoms with Crippen LogP contribution in [0.4, 0.5) is 5.69 Å². The minimum atomic E-state index is -0.0573. The SMILES string of the molecule is Cc1ccc(NC(=O)CSCC(=O)N2CC[C@@H]3CNC[C@@H]3CC2)cc1.Cl. The fourth-order valence-electron chi connectivity index (χ4n) is 3.62. The molecular formula is C19H28ClN3O2S. The third-order valence-corrected chi connectivity index (χ3v) is 6.08. The van der Waals surface area contributed by atoms with Gasteiger partial charge in [-0.15, -0.1) is 24.2 Å². The number of amides is 2. The molecule has 2 N–H and O–H groups in total. The zero-order chi connectivity index (χ0) is 17.6. The molecule has 2 aliphatic heterocycles. The van der Waals surface area contributed by atoms with E-state index in [0.29, 0.717) is 11.5 Å². The van der Waals surface area contributed by atoms with E-state index in [-0.39, 0.29) is 24.2 Å². The molecule has 0 radical (unpaired) electrons. The molecule has 1 aromatic carbocycles. The predicted molar refractivity (Wildman–Crippen MR) is 110 cm³/mol. The number of aryl methyl sites for hydroxylation is 1. The lowest BCUT2D eigenvalue weighted by Gasteiger charge is -2.20. The lowest BCUT2D eigenvalue weighted by molar-refractivity contribution is -0.128. The number of carbonyl (C=O) groups excluding carboxylic acids is 2. The maximum atomic E-state index is 12.4. The first-order valence-electron chi connectivity index (χ1n) is 9.04. The molecule has 0 aromatic heterocycles. The van der Waals surface area contributed by atoms with Crippen LogP contribution < -0.4 is 10.6 Å². The molecule has 144 valence electrons. The third-order valence-electron chi connectivity index (χ3n) is 5.17. The summed E-state index contributed by atoms with van der Waals surface area (Å²) in [6.45, 7) is 5.93. The molecule has 0 aliphatic carbocycles. The summed E-state index contributed by atoms with van der Waals surface area (Å²) in [6, 6.07) is 7.73. The molecule has 0 bridgehead atoms. The van der Waals surface area contributed by atoms with Crippen molar-refractivity contribution >= 4 is 41.7 Å². The van der Waals surface area contributed by atoms with Crippen LogP contribution in [0.1, 0.15) is 18.4 Å². The Bertz CT molecular complexity index is 597. The summed E-state index contributed by atoms with van der Waals surface area (Å²) < 4.78 is 0. The highest BCUT2D eigenvalue weighted by molar-refractivity contribution is 8.00.